The van der Waals surface area contributed by atoms with E-state index in [2.05, 4.69) is 15.3 Å². The molecule has 6 nitrogen and oxygen atoms in total. The summed E-state index contributed by atoms with van der Waals surface area (Å²) < 4.78 is 6.84. The highest BCUT2D eigenvalue weighted by atomic mass is 16.5. The van der Waals surface area contributed by atoms with E-state index in [4.69, 9.17) is 4.74 Å². The molecule has 0 aliphatic heterocycles. The Morgan fingerprint density at radius 2 is 2.33 bits per heavy atom. The van der Waals surface area contributed by atoms with Crippen molar-refractivity contribution in [2.75, 3.05) is 11.9 Å². The molecule has 0 saturated carbocycles. The van der Waals surface area contributed by atoms with Crippen LogP contribution >= 0.6 is 0 Å². The number of imidazole rings is 1. The third-order valence-corrected chi connectivity index (χ3v) is 2.64. The second-order valence-electron chi connectivity index (χ2n) is 4.00. The molecule has 0 saturated heterocycles. The standard InChI is InChI=1S/C12H16N4O2/c1-4-18-12(17)8(2)15-11-10-9(5-6-13-11)16(3)7-14-10/h5-8H,4H2,1-3H3,(H,13,15). The Bertz CT molecular complexity index is 564. The smallest absolute Gasteiger partial charge is 0.328 e. The van der Waals surface area contributed by atoms with Crippen molar-refractivity contribution in [3.8, 4) is 0 Å². The number of pyridine rings is 1. The summed E-state index contributed by atoms with van der Waals surface area (Å²) in [5.74, 6) is 0.292. The molecular formula is C12H16N4O2. The molecule has 1 N–H and O–H groups in total. The van der Waals surface area contributed by atoms with Crippen molar-refractivity contribution < 1.29 is 9.53 Å². The molecular weight excluding hydrogens is 232 g/mol. The normalized spacial score (nSPS) is 12.4. The predicted molar refractivity (Wildman–Crippen MR) is 68.2 cm³/mol. The number of aromatic nitrogens is 3. The van der Waals surface area contributed by atoms with Gasteiger partial charge in [0.05, 0.1) is 18.5 Å². The van der Waals surface area contributed by atoms with Crippen LogP contribution < -0.4 is 5.32 Å². The molecule has 2 aromatic heterocycles. The lowest BCUT2D eigenvalue weighted by Gasteiger charge is -2.13. The highest BCUT2D eigenvalue weighted by molar-refractivity contribution is 5.88. The molecule has 0 aliphatic rings. The number of carbonyl (C=O) groups is 1. The first-order valence-corrected chi connectivity index (χ1v) is 5.82. The minimum Gasteiger partial charge on any atom is -0.464 e. The fourth-order valence-electron chi connectivity index (χ4n) is 1.70. The summed E-state index contributed by atoms with van der Waals surface area (Å²) in [7, 11) is 1.91. The summed E-state index contributed by atoms with van der Waals surface area (Å²) in [5, 5.41) is 3.02. The lowest BCUT2D eigenvalue weighted by Crippen LogP contribution is -2.28. The Hall–Kier alpha value is -2.11. The van der Waals surface area contributed by atoms with Gasteiger partial charge in [-0.2, -0.15) is 0 Å². The SMILES string of the molecule is CCOC(=O)C(C)Nc1nccc2c1ncn2C. The van der Waals surface area contributed by atoms with E-state index in [0.29, 0.717) is 12.4 Å². The van der Waals surface area contributed by atoms with Crippen LogP contribution in [0.15, 0.2) is 18.6 Å². The fraction of sp³-hybridized carbons (Fsp3) is 0.417. The van der Waals surface area contributed by atoms with Crippen molar-refractivity contribution in [1.29, 1.82) is 0 Å². The van der Waals surface area contributed by atoms with E-state index < -0.39 is 6.04 Å². The zero-order valence-electron chi connectivity index (χ0n) is 10.7. The van der Waals surface area contributed by atoms with E-state index in [1.165, 1.54) is 0 Å². The Balaban J connectivity index is 2.24. The third-order valence-electron chi connectivity index (χ3n) is 2.64. The molecule has 0 spiro atoms. The summed E-state index contributed by atoms with van der Waals surface area (Å²) in [5.41, 5.74) is 1.71. The molecule has 0 fully saturated rings. The number of fused-ring (bicyclic) bond motifs is 1. The summed E-state index contributed by atoms with van der Waals surface area (Å²) in [6.07, 6.45) is 3.40. The predicted octanol–water partition coefficient (Wildman–Crippen LogP) is 1.33. The van der Waals surface area contributed by atoms with Crippen LogP contribution in [-0.2, 0) is 16.6 Å². The van der Waals surface area contributed by atoms with Crippen LogP contribution in [0.4, 0.5) is 5.82 Å². The van der Waals surface area contributed by atoms with Gasteiger partial charge in [-0.3, -0.25) is 0 Å². The van der Waals surface area contributed by atoms with Crippen molar-refractivity contribution >= 4 is 22.8 Å². The maximum Gasteiger partial charge on any atom is 0.328 e. The van der Waals surface area contributed by atoms with E-state index in [1.807, 2.05) is 17.7 Å². The quantitative estimate of drug-likeness (QED) is 0.827. The Morgan fingerprint density at radius 3 is 3.06 bits per heavy atom. The van der Waals surface area contributed by atoms with Gasteiger partial charge in [0.25, 0.3) is 0 Å². The van der Waals surface area contributed by atoms with E-state index in [0.717, 1.165) is 11.0 Å². The number of carbonyl (C=O) groups excluding carboxylic acids is 1. The zero-order chi connectivity index (χ0) is 13.1. The minimum atomic E-state index is -0.454. The molecule has 1 atom stereocenters. The van der Waals surface area contributed by atoms with Gasteiger partial charge in [0.1, 0.15) is 11.6 Å². The van der Waals surface area contributed by atoms with Crippen molar-refractivity contribution in [2.24, 2.45) is 7.05 Å². The van der Waals surface area contributed by atoms with E-state index >= 15 is 0 Å². The highest BCUT2D eigenvalue weighted by Gasteiger charge is 2.16. The number of hydrogen-bond acceptors (Lipinski definition) is 5. The number of ether oxygens (including phenoxy) is 1. The largest absolute Gasteiger partial charge is 0.464 e. The average molecular weight is 248 g/mol. The topological polar surface area (TPSA) is 69.0 Å². The molecule has 0 amide bonds. The molecule has 0 aromatic carbocycles. The van der Waals surface area contributed by atoms with Crippen LogP contribution in [0.2, 0.25) is 0 Å². The third kappa shape index (κ3) is 2.27. The van der Waals surface area contributed by atoms with Gasteiger partial charge in [0, 0.05) is 13.2 Å². The monoisotopic (exact) mass is 248 g/mol. The summed E-state index contributed by atoms with van der Waals surface area (Å²) in [6, 6.07) is 1.42. The first-order chi connectivity index (χ1) is 8.63. The van der Waals surface area contributed by atoms with Crippen molar-refractivity contribution in [2.45, 2.75) is 19.9 Å². The zero-order valence-corrected chi connectivity index (χ0v) is 10.7. The lowest BCUT2D eigenvalue weighted by atomic mass is 10.3. The van der Waals surface area contributed by atoms with Crippen molar-refractivity contribution in [3.63, 3.8) is 0 Å². The molecule has 96 valence electrons. The van der Waals surface area contributed by atoms with Gasteiger partial charge >= 0.3 is 5.97 Å². The summed E-state index contributed by atoms with van der Waals surface area (Å²) in [4.78, 5) is 20.0. The van der Waals surface area contributed by atoms with Gasteiger partial charge in [0.2, 0.25) is 0 Å². The molecule has 18 heavy (non-hydrogen) atoms. The molecule has 2 aromatic rings. The molecule has 2 rings (SSSR count). The van der Waals surface area contributed by atoms with Gasteiger partial charge in [-0.1, -0.05) is 0 Å². The fourth-order valence-corrected chi connectivity index (χ4v) is 1.70. The Morgan fingerprint density at radius 1 is 1.56 bits per heavy atom. The number of aryl methyl sites for hydroxylation is 1. The number of hydrogen-bond donors (Lipinski definition) is 1. The van der Waals surface area contributed by atoms with Crippen LogP contribution in [0.1, 0.15) is 13.8 Å². The number of anilines is 1. The summed E-state index contributed by atoms with van der Waals surface area (Å²) in [6.45, 7) is 3.88. The van der Waals surface area contributed by atoms with Gasteiger partial charge < -0.3 is 14.6 Å². The van der Waals surface area contributed by atoms with Gasteiger partial charge in [-0.05, 0) is 19.9 Å². The number of esters is 1. The van der Waals surface area contributed by atoms with Crippen LogP contribution in [0.3, 0.4) is 0 Å². The summed E-state index contributed by atoms with van der Waals surface area (Å²) >= 11 is 0. The minimum absolute atomic E-state index is 0.299. The van der Waals surface area contributed by atoms with E-state index in [9.17, 15) is 4.79 Å². The molecule has 6 heteroatoms. The van der Waals surface area contributed by atoms with Crippen molar-refractivity contribution in [3.05, 3.63) is 18.6 Å². The average Bonchev–Trinajstić information content (AvgIpc) is 2.73. The Labute approximate surface area is 105 Å². The highest BCUT2D eigenvalue weighted by Crippen LogP contribution is 2.19. The van der Waals surface area contributed by atoms with E-state index in [1.54, 1.807) is 26.4 Å². The molecule has 0 aliphatic carbocycles. The van der Waals surface area contributed by atoms with Crippen LogP contribution in [0.5, 0.6) is 0 Å². The van der Waals surface area contributed by atoms with Crippen molar-refractivity contribution in [1.82, 2.24) is 14.5 Å². The first-order valence-electron chi connectivity index (χ1n) is 5.82. The van der Waals surface area contributed by atoms with Crippen LogP contribution in [0.25, 0.3) is 11.0 Å². The molecule has 1 unspecified atom stereocenters. The molecule has 0 bridgehead atoms. The van der Waals surface area contributed by atoms with Crippen LogP contribution in [-0.4, -0.2) is 33.2 Å². The molecule has 0 radical (unpaired) electrons. The maximum atomic E-state index is 11.6. The second-order valence-corrected chi connectivity index (χ2v) is 4.00. The van der Waals surface area contributed by atoms with Gasteiger partial charge in [0.15, 0.2) is 5.82 Å². The van der Waals surface area contributed by atoms with Gasteiger partial charge in [-0.15, -0.1) is 0 Å². The number of nitrogens with one attached hydrogen (secondary N) is 1. The lowest BCUT2D eigenvalue weighted by molar-refractivity contribution is -0.143. The second kappa shape index (κ2) is 5.03. The van der Waals surface area contributed by atoms with Gasteiger partial charge in [-0.25, -0.2) is 14.8 Å². The maximum absolute atomic E-state index is 11.6. The molecule has 2 heterocycles. The Kier molecular flexibility index (Phi) is 3.45. The number of nitrogens with zero attached hydrogens (tertiary/aromatic N) is 3. The first kappa shape index (κ1) is 12.3. The number of rotatable bonds is 4. The van der Waals surface area contributed by atoms with E-state index in [-0.39, 0.29) is 5.97 Å². The van der Waals surface area contributed by atoms with Crippen LogP contribution in [0, 0.1) is 0 Å².